The molecule has 1 saturated heterocycles. The molecule has 1 N–H and O–H groups in total. The van der Waals surface area contributed by atoms with Crippen molar-refractivity contribution < 1.29 is 4.79 Å². The first-order chi connectivity index (χ1) is 14.6. The highest BCUT2D eigenvalue weighted by Gasteiger charge is 2.21. The van der Waals surface area contributed by atoms with Gasteiger partial charge in [-0.05, 0) is 36.4 Å². The summed E-state index contributed by atoms with van der Waals surface area (Å²) in [4.78, 5) is 25.5. The Labute approximate surface area is 179 Å². The van der Waals surface area contributed by atoms with E-state index < -0.39 is 0 Å². The summed E-state index contributed by atoms with van der Waals surface area (Å²) >= 11 is 6.02. The van der Waals surface area contributed by atoms with Crippen LogP contribution in [0.2, 0.25) is 5.02 Å². The van der Waals surface area contributed by atoms with Gasteiger partial charge in [0.2, 0.25) is 5.91 Å². The Morgan fingerprint density at radius 2 is 2.00 bits per heavy atom. The summed E-state index contributed by atoms with van der Waals surface area (Å²) in [7, 11) is 0. The van der Waals surface area contributed by atoms with Gasteiger partial charge in [-0.1, -0.05) is 17.7 Å². The van der Waals surface area contributed by atoms with E-state index in [-0.39, 0.29) is 5.91 Å². The van der Waals surface area contributed by atoms with E-state index in [1.165, 1.54) is 0 Å². The van der Waals surface area contributed by atoms with E-state index in [1.807, 2.05) is 23.1 Å². The normalized spacial score (nSPS) is 13.9. The van der Waals surface area contributed by atoms with Crippen LogP contribution in [0.3, 0.4) is 0 Å². The van der Waals surface area contributed by atoms with E-state index in [2.05, 4.69) is 26.3 Å². The van der Waals surface area contributed by atoms with Gasteiger partial charge >= 0.3 is 0 Å². The van der Waals surface area contributed by atoms with Crippen LogP contribution in [0.1, 0.15) is 12.0 Å². The maximum absolute atomic E-state index is 12.6. The van der Waals surface area contributed by atoms with Gasteiger partial charge in [-0.15, -0.1) is 0 Å². The van der Waals surface area contributed by atoms with Crippen LogP contribution in [0, 0.1) is 11.3 Å². The third-order valence-electron chi connectivity index (χ3n) is 5.14. The standard InChI is InChI=1S/C22H21ClN6O/c23-17-4-5-19-18(14-17)16(15-24)13-20(27-19)25-8-6-22(30)29-11-9-28(10-12-29)21-3-1-2-7-26-21/h1-5,7,13-14H,6,8-12H2,(H,25,27). The highest BCUT2D eigenvalue weighted by molar-refractivity contribution is 6.31. The number of rotatable bonds is 5. The van der Waals surface area contributed by atoms with Gasteiger partial charge in [0.05, 0.1) is 17.1 Å². The molecule has 0 aliphatic carbocycles. The number of anilines is 2. The van der Waals surface area contributed by atoms with Gasteiger partial charge in [0.1, 0.15) is 11.6 Å². The number of benzene rings is 1. The van der Waals surface area contributed by atoms with Crippen LogP contribution in [0.15, 0.2) is 48.7 Å². The summed E-state index contributed by atoms with van der Waals surface area (Å²) in [5.74, 6) is 1.63. The molecule has 1 aliphatic heterocycles. The minimum absolute atomic E-state index is 0.108. The maximum atomic E-state index is 12.6. The first kappa shape index (κ1) is 19.9. The fourth-order valence-corrected chi connectivity index (χ4v) is 3.73. The molecule has 1 amide bonds. The van der Waals surface area contributed by atoms with E-state index >= 15 is 0 Å². The number of hydrogen-bond acceptors (Lipinski definition) is 6. The molecule has 1 fully saturated rings. The van der Waals surface area contributed by atoms with Gasteiger partial charge < -0.3 is 15.1 Å². The Kier molecular flexibility index (Phi) is 5.96. The average Bonchev–Trinajstić information content (AvgIpc) is 2.79. The quantitative estimate of drug-likeness (QED) is 0.681. The zero-order valence-electron chi connectivity index (χ0n) is 16.4. The summed E-state index contributed by atoms with van der Waals surface area (Å²) in [5, 5.41) is 13.9. The van der Waals surface area contributed by atoms with E-state index in [0.29, 0.717) is 48.0 Å². The molecule has 3 aromatic rings. The lowest BCUT2D eigenvalue weighted by atomic mass is 10.1. The second kappa shape index (κ2) is 8.97. The lowest BCUT2D eigenvalue weighted by Crippen LogP contribution is -2.49. The maximum Gasteiger partial charge on any atom is 0.224 e. The third kappa shape index (κ3) is 4.44. The minimum Gasteiger partial charge on any atom is -0.369 e. The van der Waals surface area contributed by atoms with Gasteiger partial charge in [0, 0.05) is 55.8 Å². The number of pyridine rings is 2. The molecule has 30 heavy (non-hydrogen) atoms. The number of hydrogen-bond donors (Lipinski definition) is 1. The molecule has 8 heteroatoms. The highest BCUT2D eigenvalue weighted by Crippen LogP contribution is 2.23. The lowest BCUT2D eigenvalue weighted by Gasteiger charge is -2.35. The van der Waals surface area contributed by atoms with Gasteiger partial charge in [-0.25, -0.2) is 9.97 Å². The van der Waals surface area contributed by atoms with Crippen LogP contribution in [-0.2, 0) is 4.79 Å². The van der Waals surface area contributed by atoms with Crippen molar-refractivity contribution in [2.75, 3.05) is 42.9 Å². The predicted molar refractivity (Wildman–Crippen MR) is 118 cm³/mol. The fourth-order valence-electron chi connectivity index (χ4n) is 3.56. The summed E-state index contributed by atoms with van der Waals surface area (Å²) in [5.41, 5.74) is 1.19. The molecule has 0 atom stereocenters. The molecule has 0 saturated carbocycles. The first-order valence-corrected chi connectivity index (χ1v) is 10.2. The SMILES string of the molecule is N#Cc1cc(NCCC(=O)N2CCN(c3ccccn3)CC2)nc2ccc(Cl)cc12. The summed E-state index contributed by atoms with van der Waals surface area (Å²) in [6.45, 7) is 3.37. The van der Waals surface area contributed by atoms with Crippen molar-refractivity contribution >= 4 is 40.0 Å². The largest absolute Gasteiger partial charge is 0.369 e. The van der Waals surface area contributed by atoms with Crippen molar-refractivity contribution in [3.05, 3.63) is 59.2 Å². The van der Waals surface area contributed by atoms with Crippen LogP contribution in [0.5, 0.6) is 0 Å². The van der Waals surface area contributed by atoms with Crippen LogP contribution >= 0.6 is 11.6 Å². The zero-order valence-corrected chi connectivity index (χ0v) is 17.1. The minimum atomic E-state index is 0.108. The molecule has 2 aromatic heterocycles. The molecular weight excluding hydrogens is 400 g/mol. The smallest absolute Gasteiger partial charge is 0.224 e. The number of fused-ring (bicyclic) bond motifs is 1. The van der Waals surface area contributed by atoms with Gasteiger partial charge in [-0.2, -0.15) is 5.26 Å². The number of halogens is 1. The topological polar surface area (TPSA) is 85.2 Å². The number of amides is 1. The zero-order chi connectivity index (χ0) is 20.9. The number of nitriles is 1. The van der Waals surface area contributed by atoms with Crippen molar-refractivity contribution in [3.63, 3.8) is 0 Å². The van der Waals surface area contributed by atoms with Crippen molar-refractivity contribution in [1.82, 2.24) is 14.9 Å². The van der Waals surface area contributed by atoms with Crippen LogP contribution < -0.4 is 10.2 Å². The Morgan fingerprint density at radius 1 is 1.17 bits per heavy atom. The number of piperazine rings is 1. The van der Waals surface area contributed by atoms with Crippen molar-refractivity contribution in [3.8, 4) is 6.07 Å². The van der Waals surface area contributed by atoms with Crippen LogP contribution in [0.4, 0.5) is 11.6 Å². The van der Waals surface area contributed by atoms with Crippen LogP contribution in [-0.4, -0.2) is 53.5 Å². The molecule has 4 rings (SSSR count). The summed E-state index contributed by atoms with van der Waals surface area (Å²) < 4.78 is 0. The second-order valence-electron chi connectivity index (χ2n) is 7.06. The van der Waals surface area contributed by atoms with Gasteiger partial charge in [0.25, 0.3) is 0 Å². The lowest BCUT2D eigenvalue weighted by molar-refractivity contribution is -0.131. The Hall–Kier alpha value is -3.37. The number of nitrogens with one attached hydrogen (secondary N) is 1. The average molecular weight is 421 g/mol. The molecule has 7 nitrogen and oxygen atoms in total. The fraction of sp³-hybridized carbons (Fsp3) is 0.273. The molecule has 1 aromatic carbocycles. The monoisotopic (exact) mass is 420 g/mol. The molecule has 0 bridgehead atoms. The molecule has 0 unspecified atom stereocenters. The third-order valence-corrected chi connectivity index (χ3v) is 5.38. The molecule has 1 aliphatic rings. The number of nitrogens with zero attached hydrogens (tertiary/aromatic N) is 5. The molecule has 152 valence electrons. The van der Waals surface area contributed by atoms with E-state index in [1.54, 1.807) is 30.5 Å². The van der Waals surface area contributed by atoms with Gasteiger partial charge in [-0.3, -0.25) is 4.79 Å². The highest BCUT2D eigenvalue weighted by atomic mass is 35.5. The van der Waals surface area contributed by atoms with Gasteiger partial charge in [0.15, 0.2) is 0 Å². The molecular formula is C22H21ClN6O. The van der Waals surface area contributed by atoms with E-state index in [0.717, 1.165) is 24.3 Å². The van der Waals surface area contributed by atoms with Crippen LogP contribution in [0.25, 0.3) is 10.9 Å². The summed E-state index contributed by atoms with van der Waals surface area (Å²) in [6, 6.07) is 15.0. The Morgan fingerprint density at radius 3 is 2.73 bits per heavy atom. The number of carbonyl (C=O) groups is 1. The van der Waals surface area contributed by atoms with E-state index in [9.17, 15) is 10.1 Å². The molecule has 0 spiro atoms. The summed E-state index contributed by atoms with van der Waals surface area (Å²) in [6.07, 6.45) is 2.15. The Balaban J connectivity index is 1.31. The predicted octanol–water partition coefficient (Wildman–Crippen LogP) is 3.31. The molecule has 3 heterocycles. The van der Waals surface area contributed by atoms with Crippen molar-refractivity contribution in [1.29, 1.82) is 5.26 Å². The van der Waals surface area contributed by atoms with E-state index in [4.69, 9.17) is 11.6 Å². The molecule has 0 radical (unpaired) electrons. The second-order valence-corrected chi connectivity index (χ2v) is 7.50. The van der Waals surface area contributed by atoms with Crippen molar-refractivity contribution in [2.24, 2.45) is 0 Å². The van der Waals surface area contributed by atoms with Crippen molar-refractivity contribution in [2.45, 2.75) is 6.42 Å². The number of carbonyl (C=O) groups excluding carboxylic acids is 1. The first-order valence-electron chi connectivity index (χ1n) is 9.82. The number of aromatic nitrogens is 2. The Bertz CT molecular complexity index is 1090.